The fraction of sp³-hybridized carbons (Fsp3) is 0.333. The number of halogens is 1. The van der Waals surface area contributed by atoms with Crippen LogP contribution in [0.1, 0.15) is 13.3 Å². The van der Waals surface area contributed by atoms with Crippen molar-refractivity contribution < 1.29 is 14.6 Å². The maximum atomic E-state index is 10.4. The van der Waals surface area contributed by atoms with Gasteiger partial charge in [-0.2, -0.15) is 0 Å². The molecule has 1 aromatic rings. The molecule has 0 saturated heterocycles. The molecular weight excluding hydrogens is 250 g/mol. The molecule has 0 bridgehead atoms. The van der Waals surface area contributed by atoms with Crippen molar-refractivity contribution in [3.8, 4) is 5.75 Å². The first-order valence-electron chi connectivity index (χ1n) is 4.07. The second kappa shape index (κ2) is 4.95. The number of pyridine rings is 1. The van der Waals surface area contributed by atoms with Crippen LogP contribution >= 0.6 is 15.9 Å². The zero-order valence-electron chi connectivity index (χ0n) is 7.61. The summed E-state index contributed by atoms with van der Waals surface area (Å²) in [5.74, 6) is -0.311. The highest BCUT2D eigenvalue weighted by Gasteiger charge is 2.09. The number of aromatic nitrogens is 1. The standard InChI is InChI=1S/C9H10BrNO3/c1-6(2-9(12)13)14-8-3-7(10)4-11-5-8/h3-6H,2H2,1H3,(H,12,13)/t6-/m1/s1. The van der Waals surface area contributed by atoms with Gasteiger partial charge in [0.1, 0.15) is 11.9 Å². The Morgan fingerprint density at radius 2 is 2.43 bits per heavy atom. The minimum Gasteiger partial charge on any atom is -0.488 e. The molecule has 1 rings (SSSR count). The lowest BCUT2D eigenvalue weighted by atomic mass is 10.3. The highest BCUT2D eigenvalue weighted by Crippen LogP contribution is 2.17. The molecular formula is C9H10BrNO3. The van der Waals surface area contributed by atoms with Crippen LogP contribution in [0.3, 0.4) is 0 Å². The monoisotopic (exact) mass is 259 g/mol. The van der Waals surface area contributed by atoms with Crippen molar-refractivity contribution in [2.45, 2.75) is 19.4 Å². The molecule has 14 heavy (non-hydrogen) atoms. The number of carboxylic acid groups (broad SMARTS) is 1. The van der Waals surface area contributed by atoms with Gasteiger partial charge in [-0.1, -0.05) is 0 Å². The normalized spacial score (nSPS) is 12.1. The topological polar surface area (TPSA) is 59.4 Å². The van der Waals surface area contributed by atoms with E-state index in [1.165, 1.54) is 0 Å². The van der Waals surface area contributed by atoms with Crippen LogP contribution in [0.15, 0.2) is 22.9 Å². The van der Waals surface area contributed by atoms with Gasteiger partial charge in [-0.15, -0.1) is 0 Å². The predicted molar refractivity (Wildman–Crippen MR) is 54.3 cm³/mol. The maximum Gasteiger partial charge on any atom is 0.307 e. The molecule has 0 aromatic carbocycles. The number of aliphatic carboxylic acids is 1. The van der Waals surface area contributed by atoms with Gasteiger partial charge in [0.05, 0.1) is 12.6 Å². The lowest BCUT2D eigenvalue weighted by Gasteiger charge is -2.11. The summed E-state index contributed by atoms with van der Waals surface area (Å²) in [5, 5.41) is 8.51. The van der Waals surface area contributed by atoms with Crippen molar-refractivity contribution in [3.63, 3.8) is 0 Å². The summed E-state index contributed by atoms with van der Waals surface area (Å²) in [6, 6.07) is 1.74. The molecule has 0 unspecified atom stereocenters. The van der Waals surface area contributed by atoms with Crippen molar-refractivity contribution in [2.24, 2.45) is 0 Å². The zero-order valence-corrected chi connectivity index (χ0v) is 9.19. The number of rotatable bonds is 4. The SMILES string of the molecule is C[C@H](CC(=O)O)Oc1cncc(Br)c1. The third kappa shape index (κ3) is 3.74. The Balaban J connectivity index is 2.55. The van der Waals surface area contributed by atoms with Crippen molar-refractivity contribution in [1.29, 1.82) is 0 Å². The number of hydrogen-bond acceptors (Lipinski definition) is 3. The summed E-state index contributed by atoms with van der Waals surface area (Å²) in [5.41, 5.74) is 0. The molecule has 76 valence electrons. The van der Waals surface area contributed by atoms with Crippen LogP contribution in [-0.4, -0.2) is 22.2 Å². The highest BCUT2D eigenvalue weighted by atomic mass is 79.9. The number of nitrogens with zero attached hydrogens (tertiary/aromatic N) is 1. The Hall–Kier alpha value is -1.10. The second-order valence-corrected chi connectivity index (χ2v) is 3.78. The molecule has 1 atom stereocenters. The summed E-state index contributed by atoms with van der Waals surface area (Å²) in [7, 11) is 0. The van der Waals surface area contributed by atoms with E-state index in [2.05, 4.69) is 20.9 Å². The molecule has 4 nitrogen and oxygen atoms in total. The van der Waals surface area contributed by atoms with Crippen molar-refractivity contribution in [2.75, 3.05) is 0 Å². The summed E-state index contributed by atoms with van der Waals surface area (Å²) >= 11 is 3.24. The van der Waals surface area contributed by atoms with E-state index in [0.29, 0.717) is 5.75 Å². The Labute approximate surface area is 90.0 Å². The zero-order chi connectivity index (χ0) is 10.6. The van der Waals surface area contributed by atoms with E-state index in [0.717, 1.165) is 4.47 Å². The van der Waals surface area contributed by atoms with E-state index < -0.39 is 5.97 Å². The molecule has 0 spiro atoms. The number of carboxylic acids is 1. The van der Waals surface area contributed by atoms with E-state index in [9.17, 15) is 4.79 Å². The summed E-state index contributed by atoms with van der Waals surface area (Å²) in [4.78, 5) is 14.3. The quantitative estimate of drug-likeness (QED) is 0.900. The Morgan fingerprint density at radius 1 is 1.71 bits per heavy atom. The van der Waals surface area contributed by atoms with Gasteiger partial charge in [0.25, 0.3) is 0 Å². The van der Waals surface area contributed by atoms with Crippen LogP contribution in [0.5, 0.6) is 5.75 Å². The first-order valence-corrected chi connectivity index (χ1v) is 4.86. The molecule has 0 aliphatic rings. The van der Waals surface area contributed by atoms with Gasteiger partial charge in [0.15, 0.2) is 0 Å². The summed E-state index contributed by atoms with van der Waals surface area (Å²) < 4.78 is 6.14. The number of carbonyl (C=O) groups is 1. The molecule has 0 aliphatic carbocycles. The Bertz CT molecular complexity index is 330. The van der Waals surface area contributed by atoms with E-state index in [1.807, 2.05) is 0 Å². The Kier molecular flexibility index (Phi) is 3.88. The van der Waals surface area contributed by atoms with Crippen LogP contribution < -0.4 is 4.74 Å². The van der Waals surface area contributed by atoms with Crippen LogP contribution in [0.4, 0.5) is 0 Å². The van der Waals surface area contributed by atoms with Gasteiger partial charge in [0, 0.05) is 10.7 Å². The van der Waals surface area contributed by atoms with Crippen LogP contribution in [0.2, 0.25) is 0 Å². The van der Waals surface area contributed by atoms with Crippen molar-refractivity contribution in [1.82, 2.24) is 4.98 Å². The van der Waals surface area contributed by atoms with Gasteiger partial charge in [-0.25, -0.2) is 0 Å². The molecule has 0 saturated carbocycles. The molecule has 1 N–H and O–H groups in total. The third-order valence-corrected chi connectivity index (χ3v) is 1.91. The van der Waals surface area contributed by atoms with Gasteiger partial charge in [-0.3, -0.25) is 9.78 Å². The fourth-order valence-electron chi connectivity index (χ4n) is 0.977. The molecule has 0 fully saturated rings. The van der Waals surface area contributed by atoms with E-state index in [4.69, 9.17) is 9.84 Å². The largest absolute Gasteiger partial charge is 0.488 e. The highest BCUT2D eigenvalue weighted by molar-refractivity contribution is 9.10. The number of ether oxygens (including phenoxy) is 1. The van der Waals surface area contributed by atoms with Crippen molar-refractivity contribution in [3.05, 3.63) is 22.9 Å². The minimum absolute atomic E-state index is 0.0213. The first kappa shape index (κ1) is 11.0. The average molecular weight is 260 g/mol. The van der Waals surface area contributed by atoms with E-state index >= 15 is 0 Å². The number of hydrogen-bond donors (Lipinski definition) is 1. The second-order valence-electron chi connectivity index (χ2n) is 2.87. The minimum atomic E-state index is -0.875. The molecule has 1 aromatic heterocycles. The van der Waals surface area contributed by atoms with Gasteiger partial charge < -0.3 is 9.84 Å². The lowest BCUT2D eigenvalue weighted by Crippen LogP contribution is -2.16. The molecule has 5 heteroatoms. The third-order valence-electron chi connectivity index (χ3n) is 1.48. The Morgan fingerprint density at radius 3 is 3.00 bits per heavy atom. The maximum absolute atomic E-state index is 10.4. The predicted octanol–water partition coefficient (Wildman–Crippen LogP) is 2.09. The van der Waals surface area contributed by atoms with Crippen LogP contribution in [-0.2, 0) is 4.79 Å². The first-order chi connectivity index (χ1) is 6.58. The smallest absolute Gasteiger partial charge is 0.307 e. The van der Waals surface area contributed by atoms with E-state index in [-0.39, 0.29) is 12.5 Å². The lowest BCUT2D eigenvalue weighted by molar-refractivity contribution is -0.138. The summed E-state index contributed by atoms with van der Waals surface area (Å²) in [6.45, 7) is 1.70. The van der Waals surface area contributed by atoms with E-state index in [1.54, 1.807) is 25.4 Å². The molecule has 0 amide bonds. The van der Waals surface area contributed by atoms with Gasteiger partial charge in [-0.05, 0) is 28.9 Å². The summed E-state index contributed by atoms with van der Waals surface area (Å²) in [6.07, 6.45) is 2.80. The van der Waals surface area contributed by atoms with Gasteiger partial charge >= 0.3 is 5.97 Å². The molecule has 0 aliphatic heterocycles. The average Bonchev–Trinajstić information content (AvgIpc) is 2.01. The fourth-order valence-corrected chi connectivity index (χ4v) is 1.32. The van der Waals surface area contributed by atoms with Crippen molar-refractivity contribution >= 4 is 21.9 Å². The van der Waals surface area contributed by atoms with Crippen LogP contribution in [0, 0.1) is 0 Å². The molecule has 0 radical (unpaired) electrons. The molecule has 1 heterocycles. The van der Waals surface area contributed by atoms with Gasteiger partial charge in [0.2, 0.25) is 0 Å². The van der Waals surface area contributed by atoms with Crippen LogP contribution in [0.25, 0.3) is 0 Å².